The highest BCUT2D eigenvalue weighted by Gasteiger charge is 2.29. The average molecular weight is 597 g/mol. The van der Waals surface area contributed by atoms with Gasteiger partial charge in [0.2, 0.25) is 5.76 Å². The molecule has 0 spiro atoms. The maximum Gasteiger partial charge on any atom is 0.380 e. The number of nitrogens with zero attached hydrogens (tertiary/aromatic N) is 2. The Labute approximate surface area is 217 Å². The molecular formula is C26H19Br2N3O4. The topological polar surface area (TPSA) is 93.8 Å². The van der Waals surface area contributed by atoms with Crippen LogP contribution in [0, 0.1) is 6.92 Å². The molecule has 0 radical (unpaired) electrons. The SMILES string of the molecule is Cc1c(C(=O)Oc2ccc(Br)c3cccnc23)oc2c1/C(=N/NC(=O)c1ccc(Br)cc1)CCC2. The first-order valence-corrected chi connectivity index (χ1v) is 12.5. The van der Waals surface area contributed by atoms with Crippen molar-refractivity contribution in [1.82, 2.24) is 10.4 Å². The van der Waals surface area contributed by atoms with Gasteiger partial charge >= 0.3 is 5.97 Å². The number of aryl methyl sites for hydroxylation is 1. The maximum atomic E-state index is 13.1. The van der Waals surface area contributed by atoms with Crippen LogP contribution in [0.3, 0.4) is 0 Å². The van der Waals surface area contributed by atoms with Crippen LogP contribution in [-0.4, -0.2) is 22.6 Å². The fourth-order valence-electron chi connectivity index (χ4n) is 4.10. The van der Waals surface area contributed by atoms with Gasteiger partial charge in [-0.3, -0.25) is 9.78 Å². The Hall–Kier alpha value is -3.30. The van der Waals surface area contributed by atoms with Gasteiger partial charge in [0.1, 0.15) is 11.3 Å². The van der Waals surface area contributed by atoms with Crippen molar-refractivity contribution in [2.75, 3.05) is 0 Å². The number of aromatic nitrogens is 1. The molecule has 9 heteroatoms. The number of benzene rings is 2. The van der Waals surface area contributed by atoms with Crippen LogP contribution in [0.25, 0.3) is 10.9 Å². The number of pyridine rings is 1. The van der Waals surface area contributed by atoms with E-state index >= 15 is 0 Å². The van der Waals surface area contributed by atoms with Gasteiger partial charge < -0.3 is 9.15 Å². The van der Waals surface area contributed by atoms with Crippen molar-refractivity contribution >= 4 is 60.4 Å². The summed E-state index contributed by atoms with van der Waals surface area (Å²) in [6, 6.07) is 14.2. The highest BCUT2D eigenvalue weighted by molar-refractivity contribution is 9.11. The molecule has 1 amide bonds. The zero-order chi connectivity index (χ0) is 24.5. The number of halogens is 2. The summed E-state index contributed by atoms with van der Waals surface area (Å²) >= 11 is 6.86. The number of ether oxygens (including phenoxy) is 1. The maximum absolute atomic E-state index is 13.1. The van der Waals surface area contributed by atoms with E-state index in [0.29, 0.717) is 46.7 Å². The standard InChI is InChI=1S/C26H19Br2N3O4/c1-14-22-19(30-31-25(32)15-7-9-16(27)10-8-15)5-2-6-20(22)34-24(14)26(33)35-21-12-11-18(28)17-4-3-13-29-23(17)21/h3-4,7-13H,2,5-6H2,1H3,(H,31,32)/b30-19+. The number of hydrogen-bond donors (Lipinski definition) is 1. The fraction of sp³-hybridized carbons (Fsp3) is 0.154. The molecule has 2 heterocycles. The lowest BCUT2D eigenvalue weighted by atomic mass is 9.93. The summed E-state index contributed by atoms with van der Waals surface area (Å²) in [4.78, 5) is 30.0. The Balaban J connectivity index is 1.41. The first-order chi connectivity index (χ1) is 16.9. The van der Waals surface area contributed by atoms with E-state index in [2.05, 4.69) is 47.4 Å². The molecule has 35 heavy (non-hydrogen) atoms. The first-order valence-electron chi connectivity index (χ1n) is 10.9. The molecule has 0 saturated carbocycles. The molecule has 176 valence electrons. The van der Waals surface area contributed by atoms with Gasteiger partial charge in [-0.2, -0.15) is 5.10 Å². The zero-order valence-corrected chi connectivity index (χ0v) is 21.8. The highest BCUT2D eigenvalue weighted by atomic mass is 79.9. The van der Waals surface area contributed by atoms with Crippen molar-refractivity contribution in [3.8, 4) is 5.75 Å². The van der Waals surface area contributed by atoms with Crippen LogP contribution in [0.15, 0.2) is 73.2 Å². The van der Waals surface area contributed by atoms with Gasteiger partial charge in [0, 0.05) is 43.6 Å². The Morgan fingerprint density at radius 3 is 2.69 bits per heavy atom. The fourth-order valence-corrected chi connectivity index (χ4v) is 4.82. The minimum absolute atomic E-state index is 0.121. The van der Waals surface area contributed by atoms with Gasteiger partial charge in [-0.05, 0) is 62.2 Å². The quantitative estimate of drug-likeness (QED) is 0.168. The van der Waals surface area contributed by atoms with E-state index in [9.17, 15) is 9.59 Å². The number of rotatable bonds is 4. The molecule has 4 aromatic rings. The highest BCUT2D eigenvalue weighted by Crippen LogP contribution is 2.33. The van der Waals surface area contributed by atoms with Crippen LogP contribution >= 0.6 is 31.9 Å². The van der Waals surface area contributed by atoms with Gasteiger partial charge in [0.25, 0.3) is 5.91 Å². The van der Waals surface area contributed by atoms with Crippen molar-refractivity contribution in [2.24, 2.45) is 5.10 Å². The molecule has 1 aliphatic rings. The summed E-state index contributed by atoms with van der Waals surface area (Å²) in [7, 11) is 0. The van der Waals surface area contributed by atoms with Gasteiger partial charge in [0.15, 0.2) is 5.75 Å². The Bertz CT molecular complexity index is 1490. The number of furan rings is 1. The Kier molecular flexibility index (Phi) is 6.53. The summed E-state index contributed by atoms with van der Waals surface area (Å²) in [6.07, 6.45) is 3.77. The first kappa shape index (κ1) is 23.4. The third-order valence-electron chi connectivity index (χ3n) is 5.79. The molecule has 1 aliphatic carbocycles. The number of amides is 1. The smallest absolute Gasteiger partial charge is 0.380 e. The second-order valence-electron chi connectivity index (χ2n) is 8.05. The number of esters is 1. The molecule has 0 aliphatic heterocycles. The van der Waals surface area contributed by atoms with Crippen molar-refractivity contribution in [3.05, 3.63) is 91.9 Å². The van der Waals surface area contributed by atoms with Crippen LogP contribution < -0.4 is 10.2 Å². The van der Waals surface area contributed by atoms with Gasteiger partial charge in [-0.1, -0.05) is 37.9 Å². The monoisotopic (exact) mass is 595 g/mol. The van der Waals surface area contributed by atoms with Crippen molar-refractivity contribution in [1.29, 1.82) is 0 Å². The van der Waals surface area contributed by atoms with E-state index in [4.69, 9.17) is 9.15 Å². The van der Waals surface area contributed by atoms with Crippen LogP contribution in [0.4, 0.5) is 0 Å². The van der Waals surface area contributed by atoms with E-state index in [-0.39, 0.29) is 11.7 Å². The average Bonchev–Trinajstić information content (AvgIpc) is 3.22. The molecule has 1 N–H and O–H groups in total. The Morgan fingerprint density at radius 1 is 1.09 bits per heavy atom. The minimum atomic E-state index is -0.607. The minimum Gasteiger partial charge on any atom is -0.453 e. The lowest BCUT2D eigenvalue weighted by Gasteiger charge is -2.13. The summed E-state index contributed by atoms with van der Waals surface area (Å²) in [6.45, 7) is 1.80. The second-order valence-corrected chi connectivity index (χ2v) is 9.82. The summed E-state index contributed by atoms with van der Waals surface area (Å²) < 4.78 is 13.4. The summed E-state index contributed by atoms with van der Waals surface area (Å²) in [5, 5.41) is 5.21. The van der Waals surface area contributed by atoms with Crippen LogP contribution in [-0.2, 0) is 6.42 Å². The molecule has 0 saturated heterocycles. The molecule has 0 atom stereocenters. The van der Waals surface area contributed by atoms with E-state index in [0.717, 1.165) is 26.3 Å². The van der Waals surface area contributed by atoms with Crippen LogP contribution in [0.5, 0.6) is 5.75 Å². The number of nitrogens with one attached hydrogen (secondary N) is 1. The molecule has 7 nitrogen and oxygen atoms in total. The second kappa shape index (κ2) is 9.75. The number of carbonyl (C=O) groups excluding carboxylic acids is 2. The molecule has 0 unspecified atom stereocenters. The summed E-state index contributed by atoms with van der Waals surface area (Å²) in [5.74, 6) is 0.210. The van der Waals surface area contributed by atoms with Crippen molar-refractivity contribution < 1.29 is 18.7 Å². The van der Waals surface area contributed by atoms with Crippen molar-refractivity contribution in [3.63, 3.8) is 0 Å². The predicted molar refractivity (Wildman–Crippen MR) is 139 cm³/mol. The molecule has 0 fully saturated rings. The lowest BCUT2D eigenvalue weighted by Crippen LogP contribution is -2.22. The number of hydrazone groups is 1. The molecule has 2 aromatic carbocycles. The third kappa shape index (κ3) is 4.66. The molecule has 5 rings (SSSR count). The molecular weight excluding hydrogens is 578 g/mol. The predicted octanol–water partition coefficient (Wildman–Crippen LogP) is 6.35. The number of fused-ring (bicyclic) bond motifs is 2. The van der Waals surface area contributed by atoms with Gasteiger partial charge in [0.05, 0.1) is 5.71 Å². The summed E-state index contributed by atoms with van der Waals surface area (Å²) in [5.41, 5.74) is 5.75. The molecule has 0 bridgehead atoms. The lowest BCUT2D eigenvalue weighted by molar-refractivity contribution is 0.0700. The third-order valence-corrected chi connectivity index (χ3v) is 7.01. The van der Waals surface area contributed by atoms with Gasteiger partial charge in [-0.15, -0.1) is 0 Å². The normalized spacial score (nSPS) is 14.1. The van der Waals surface area contributed by atoms with E-state index in [1.807, 2.05) is 18.2 Å². The van der Waals surface area contributed by atoms with E-state index < -0.39 is 5.97 Å². The van der Waals surface area contributed by atoms with Gasteiger partial charge in [-0.25, -0.2) is 10.2 Å². The largest absolute Gasteiger partial charge is 0.453 e. The molecule has 2 aromatic heterocycles. The van der Waals surface area contributed by atoms with Crippen molar-refractivity contribution in [2.45, 2.75) is 26.2 Å². The van der Waals surface area contributed by atoms with E-state index in [1.165, 1.54) is 0 Å². The van der Waals surface area contributed by atoms with Crippen LogP contribution in [0.2, 0.25) is 0 Å². The van der Waals surface area contributed by atoms with E-state index in [1.54, 1.807) is 43.5 Å². The number of carbonyl (C=O) groups is 2. The van der Waals surface area contributed by atoms with Crippen LogP contribution in [0.1, 0.15) is 50.6 Å². The Morgan fingerprint density at radius 2 is 1.89 bits per heavy atom. The zero-order valence-electron chi connectivity index (χ0n) is 18.6. The number of hydrogen-bond acceptors (Lipinski definition) is 6.